The Labute approximate surface area is 117 Å². The normalized spacial score (nSPS) is 12.2. The SMILES string of the molecule is CCCC[C@H](NC(=O)c1cc(C)c(CC)s1)C(=O)O. The molecule has 0 saturated heterocycles. The van der Waals surface area contributed by atoms with E-state index in [1.807, 2.05) is 26.8 Å². The Morgan fingerprint density at radius 3 is 2.58 bits per heavy atom. The average molecular weight is 283 g/mol. The number of aryl methyl sites for hydroxylation is 2. The zero-order valence-electron chi connectivity index (χ0n) is 11.7. The van der Waals surface area contributed by atoms with Gasteiger partial charge in [0.25, 0.3) is 5.91 Å². The van der Waals surface area contributed by atoms with Crippen molar-refractivity contribution in [3.63, 3.8) is 0 Å². The van der Waals surface area contributed by atoms with Crippen LogP contribution in [0.15, 0.2) is 6.07 Å². The van der Waals surface area contributed by atoms with Crippen molar-refractivity contribution in [1.82, 2.24) is 5.32 Å². The number of amides is 1. The lowest BCUT2D eigenvalue weighted by molar-refractivity contribution is -0.139. The van der Waals surface area contributed by atoms with Crippen molar-refractivity contribution in [2.24, 2.45) is 0 Å². The molecule has 0 spiro atoms. The molecule has 0 radical (unpaired) electrons. The van der Waals surface area contributed by atoms with Gasteiger partial charge in [0.05, 0.1) is 4.88 Å². The second-order valence-electron chi connectivity index (χ2n) is 4.58. The van der Waals surface area contributed by atoms with Gasteiger partial charge in [-0.3, -0.25) is 4.79 Å². The topological polar surface area (TPSA) is 66.4 Å². The molecule has 1 heterocycles. The third-order valence-electron chi connectivity index (χ3n) is 3.02. The van der Waals surface area contributed by atoms with Gasteiger partial charge in [0.2, 0.25) is 0 Å². The molecule has 0 aliphatic rings. The van der Waals surface area contributed by atoms with Crippen LogP contribution in [0.3, 0.4) is 0 Å². The predicted octanol–water partition coefficient (Wildman–Crippen LogP) is 2.99. The summed E-state index contributed by atoms with van der Waals surface area (Å²) in [5.74, 6) is -1.25. The van der Waals surface area contributed by atoms with Crippen LogP contribution in [-0.2, 0) is 11.2 Å². The number of unbranched alkanes of at least 4 members (excludes halogenated alkanes) is 1. The van der Waals surface area contributed by atoms with Gasteiger partial charge in [0.1, 0.15) is 6.04 Å². The van der Waals surface area contributed by atoms with E-state index in [2.05, 4.69) is 5.32 Å². The smallest absolute Gasteiger partial charge is 0.326 e. The van der Waals surface area contributed by atoms with Gasteiger partial charge < -0.3 is 10.4 Å². The van der Waals surface area contributed by atoms with E-state index < -0.39 is 12.0 Å². The minimum absolute atomic E-state index is 0.281. The van der Waals surface area contributed by atoms with E-state index in [-0.39, 0.29) is 5.91 Å². The van der Waals surface area contributed by atoms with Gasteiger partial charge in [-0.2, -0.15) is 0 Å². The maximum absolute atomic E-state index is 12.0. The number of carboxylic acid groups (broad SMARTS) is 1. The summed E-state index contributed by atoms with van der Waals surface area (Å²) in [6.07, 6.45) is 3.07. The van der Waals surface area contributed by atoms with Gasteiger partial charge in [-0.25, -0.2) is 4.79 Å². The molecule has 0 aliphatic heterocycles. The van der Waals surface area contributed by atoms with Crippen molar-refractivity contribution in [1.29, 1.82) is 0 Å². The number of thiophene rings is 1. The lowest BCUT2D eigenvalue weighted by Crippen LogP contribution is -2.40. The number of carbonyl (C=O) groups excluding carboxylic acids is 1. The van der Waals surface area contributed by atoms with Gasteiger partial charge in [-0.1, -0.05) is 26.7 Å². The second-order valence-corrected chi connectivity index (χ2v) is 5.71. The van der Waals surface area contributed by atoms with Crippen molar-refractivity contribution >= 4 is 23.2 Å². The second kappa shape index (κ2) is 7.28. The van der Waals surface area contributed by atoms with Crippen LogP contribution in [0.2, 0.25) is 0 Å². The molecule has 1 rings (SSSR count). The largest absolute Gasteiger partial charge is 0.480 e. The third-order valence-corrected chi connectivity index (χ3v) is 4.40. The molecule has 0 bridgehead atoms. The molecular formula is C14H21NO3S. The highest BCUT2D eigenvalue weighted by molar-refractivity contribution is 7.14. The molecule has 1 atom stereocenters. The maximum atomic E-state index is 12.0. The molecule has 5 heteroatoms. The number of hydrogen-bond donors (Lipinski definition) is 2. The van der Waals surface area contributed by atoms with Crippen LogP contribution in [0.4, 0.5) is 0 Å². The Hall–Kier alpha value is -1.36. The van der Waals surface area contributed by atoms with Crippen LogP contribution in [0.1, 0.15) is 53.2 Å². The van der Waals surface area contributed by atoms with E-state index in [1.54, 1.807) is 0 Å². The minimum atomic E-state index is -0.967. The summed E-state index contributed by atoms with van der Waals surface area (Å²) >= 11 is 1.44. The zero-order chi connectivity index (χ0) is 14.4. The summed E-state index contributed by atoms with van der Waals surface area (Å²) < 4.78 is 0. The summed E-state index contributed by atoms with van der Waals surface area (Å²) in [7, 11) is 0. The van der Waals surface area contributed by atoms with E-state index in [0.717, 1.165) is 24.8 Å². The lowest BCUT2D eigenvalue weighted by Gasteiger charge is -2.13. The Morgan fingerprint density at radius 1 is 1.42 bits per heavy atom. The van der Waals surface area contributed by atoms with Crippen molar-refractivity contribution in [3.8, 4) is 0 Å². The molecule has 0 fully saturated rings. The summed E-state index contributed by atoms with van der Waals surface area (Å²) in [5, 5.41) is 11.7. The van der Waals surface area contributed by atoms with Crippen LogP contribution >= 0.6 is 11.3 Å². The van der Waals surface area contributed by atoms with Crippen molar-refractivity contribution in [2.45, 2.75) is 52.5 Å². The first kappa shape index (κ1) is 15.7. The Kier molecular flexibility index (Phi) is 6.02. The molecule has 19 heavy (non-hydrogen) atoms. The first-order valence-electron chi connectivity index (χ1n) is 6.62. The quantitative estimate of drug-likeness (QED) is 0.808. The van der Waals surface area contributed by atoms with Crippen LogP contribution < -0.4 is 5.32 Å². The highest BCUT2D eigenvalue weighted by atomic mass is 32.1. The first-order chi connectivity index (χ1) is 8.99. The fraction of sp³-hybridized carbons (Fsp3) is 0.571. The monoisotopic (exact) mass is 283 g/mol. The minimum Gasteiger partial charge on any atom is -0.480 e. The summed E-state index contributed by atoms with van der Waals surface area (Å²) in [6.45, 7) is 6.01. The van der Waals surface area contributed by atoms with Gasteiger partial charge in [-0.05, 0) is 31.4 Å². The lowest BCUT2D eigenvalue weighted by atomic mass is 10.1. The molecular weight excluding hydrogens is 262 g/mol. The summed E-state index contributed by atoms with van der Waals surface area (Å²) in [4.78, 5) is 24.9. The standard InChI is InChI=1S/C14H21NO3S/c1-4-6-7-10(14(17)18)15-13(16)12-8-9(3)11(5-2)19-12/h8,10H,4-7H2,1-3H3,(H,15,16)(H,17,18)/t10-/m0/s1. The first-order valence-corrected chi connectivity index (χ1v) is 7.44. The number of hydrogen-bond acceptors (Lipinski definition) is 3. The molecule has 0 saturated carbocycles. The molecule has 2 N–H and O–H groups in total. The fourth-order valence-corrected chi connectivity index (χ4v) is 2.89. The molecule has 1 aromatic heterocycles. The number of carbonyl (C=O) groups is 2. The van der Waals surface area contributed by atoms with Gasteiger partial charge in [0, 0.05) is 4.88 Å². The van der Waals surface area contributed by atoms with E-state index >= 15 is 0 Å². The van der Waals surface area contributed by atoms with Crippen LogP contribution in [-0.4, -0.2) is 23.0 Å². The molecule has 106 valence electrons. The van der Waals surface area contributed by atoms with Crippen LogP contribution in [0, 0.1) is 6.92 Å². The highest BCUT2D eigenvalue weighted by Gasteiger charge is 2.21. The molecule has 0 aliphatic carbocycles. The summed E-state index contributed by atoms with van der Waals surface area (Å²) in [5.41, 5.74) is 1.10. The zero-order valence-corrected chi connectivity index (χ0v) is 12.5. The van der Waals surface area contributed by atoms with Crippen molar-refractivity contribution < 1.29 is 14.7 Å². The van der Waals surface area contributed by atoms with Gasteiger partial charge in [-0.15, -0.1) is 11.3 Å². The van der Waals surface area contributed by atoms with E-state index in [9.17, 15) is 9.59 Å². The number of carboxylic acids is 1. The molecule has 4 nitrogen and oxygen atoms in total. The third kappa shape index (κ3) is 4.35. The van der Waals surface area contributed by atoms with Crippen LogP contribution in [0.25, 0.3) is 0 Å². The average Bonchev–Trinajstić information content (AvgIpc) is 2.75. The van der Waals surface area contributed by atoms with E-state index in [4.69, 9.17) is 5.11 Å². The van der Waals surface area contributed by atoms with E-state index in [0.29, 0.717) is 11.3 Å². The van der Waals surface area contributed by atoms with Crippen molar-refractivity contribution in [2.75, 3.05) is 0 Å². The van der Waals surface area contributed by atoms with Crippen LogP contribution in [0.5, 0.6) is 0 Å². The molecule has 1 amide bonds. The number of aliphatic carboxylic acids is 1. The fourth-order valence-electron chi connectivity index (χ4n) is 1.88. The Morgan fingerprint density at radius 2 is 2.11 bits per heavy atom. The molecule has 0 aromatic carbocycles. The molecule has 0 unspecified atom stereocenters. The number of nitrogens with one attached hydrogen (secondary N) is 1. The summed E-state index contributed by atoms with van der Waals surface area (Å²) in [6, 6.07) is 1.04. The Bertz CT molecular complexity index is 454. The van der Waals surface area contributed by atoms with Gasteiger partial charge in [0.15, 0.2) is 0 Å². The maximum Gasteiger partial charge on any atom is 0.326 e. The highest BCUT2D eigenvalue weighted by Crippen LogP contribution is 2.22. The Balaban J connectivity index is 2.72. The number of rotatable bonds is 7. The molecule has 1 aromatic rings. The van der Waals surface area contributed by atoms with Crippen molar-refractivity contribution in [3.05, 3.63) is 21.4 Å². The van der Waals surface area contributed by atoms with E-state index in [1.165, 1.54) is 16.2 Å². The van der Waals surface area contributed by atoms with Gasteiger partial charge >= 0.3 is 5.97 Å². The predicted molar refractivity (Wildman–Crippen MR) is 76.8 cm³/mol.